The average Bonchev–Trinajstić information content (AvgIpc) is 2.58. The molecule has 2 saturated heterocycles. The van der Waals surface area contributed by atoms with Gasteiger partial charge in [0.1, 0.15) is 0 Å². The second kappa shape index (κ2) is 7.93. The van der Waals surface area contributed by atoms with Crippen LogP contribution in [-0.4, -0.2) is 59.6 Å². The van der Waals surface area contributed by atoms with E-state index in [0.29, 0.717) is 12.5 Å². The summed E-state index contributed by atoms with van der Waals surface area (Å²) in [6.45, 7) is 4.00. The summed E-state index contributed by atoms with van der Waals surface area (Å²) in [7, 11) is 0. The van der Waals surface area contributed by atoms with Gasteiger partial charge in [-0.05, 0) is 43.6 Å². The van der Waals surface area contributed by atoms with Crippen LogP contribution in [0, 0.1) is 5.92 Å². The van der Waals surface area contributed by atoms with Gasteiger partial charge in [0.15, 0.2) is 0 Å². The van der Waals surface area contributed by atoms with E-state index in [1.165, 1.54) is 5.56 Å². The summed E-state index contributed by atoms with van der Waals surface area (Å²) in [6, 6.07) is 10.7. The Morgan fingerprint density at radius 1 is 1.00 bits per heavy atom. The van der Waals surface area contributed by atoms with Crippen LogP contribution >= 0.6 is 0 Å². The molecule has 2 fully saturated rings. The minimum atomic E-state index is -0.171. The maximum absolute atomic E-state index is 12.4. The minimum Gasteiger partial charge on any atom is -0.393 e. The number of benzene rings is 1. The van der Waals surface area contributed by atoms with Crippen LogP contribution in [0.25, 0.3) is 0 Å². The van der Waals surface area contributed by atoms with E-state index in [1.54, 1.807) is 0 Å². The zero-order valence-corrected chi connectivity index (χ0v) is 13.9. The van der Waals surface area contributed by atoms with Crippen LogP contribution < -0.4 is 0 Å². The molecule has 3 rings (SSSR count). The van der Waals surface area contributed by atoms with Gasteiger partial charge < -0.3 is 10.0 Å². The molecule has 126 valence electrons. The summed E-state index contributed by atoms with van der Waals surface area (Å²) in [5.41, 5.74) is 1.41. The highest BCUT2D eigenvalue weighted by Gasteiger charge is 2.25. The molecule has 1 amide bonds. The maximum atomic E-state index is 12.4. The first-order valence-corrected chi connectivity index (χ1v) is 8.93. The maximum Gasteiger partial charge on any atom is 0.236 e. The number of likely N-dealkylation sites (tertiary alicyclic amines) is 2. The quantitative estimate of drug-likeness (QED) is 0.923. The SMILES string of the molecule is O=C(CN1CCC(O)CC1)N1CCC(Cc2ccccc2)CC1. The molecule has 2 aliphatic heterocycles. The fourth-order valence-corrected chi connectivity index (χ4v) is 3.70. The highest BCUT2D eigenvalue weighted by atomic mass is 16.3. The molecule has 0 bridgehead atoms. The van der Waals surface area contributed by atoms with Crippen LogP contribution in [0.15, 0.2) is 30.3 Å². The zero-order valence-electron chi connectivity index (χ0n) is 13.9. The molecule has 0 aromatic heterocycles. The van der Waals surface area contributed by atoms with E-state index in [9.17, 15) is 9.90 Å². The molecule has 0 radical (unpaired) electrons. The third-order valence-electron chi connectivity index (χ3n) is 5.25. The monoisotopic (exact) mass is 316 g/mol. The molecule has 0 aliphatic carbocycles. The van der Waals surface area contributed by atoms with Crippen LogP contribution in [0.2, 0.25) is 0 Å². The van der Waals surface area contributed by atoms with E-state index in [0.717, 1.165) is 58.3 Å². The fourth-order valence-electron chi connectivity index (χ4n) is 3.70. The van der Waals surface area contributed by atoms with Crippen LogP contribution in [0.4, 0.5) is 0 Å². The Hall–Kier alpha value is -1.39. The number of piperidine rings is 2. The number of rotatable bonds is 4. The average molecular weight is 316 g/mol. The lowest BCUT2D eigenvalue weighted by Gasteiger charge is -2.35. The van der Waals surface area contributed by atoms with Gasteiger partial charge in [0.2, 0.25) is 5.91 Å². The Morgan fingerprint density at radius 2 is 1.65 bits per heavy atom. The van der Waals surface area contributed by atoms with Gasteiger partial charge in [0.25, 0.3) is 0 Å². The van der Waals surface area contributed by atoms with Crippen LogP contribution in [0.5, 0.6) is 0 Å². The van der Waals surface area contributed by atoms with Gasteiger partial charge in [-0.25, -0.2) is 0 Å². The Bertz CT molecular complexity index is 489. The fraction of sp³-hybridized carbons (Fsp3) is 0.632. The van der Waals surface area contributed by atoms with Crippen LogP contribution in [0.3, 0.4) is 0 Å². The molecule has 23 heavy (non-hydrogen) atoms. The van der Waals surface area contributed by atoms with Gasteiger partial charge in [-0.3, -0.25) is 9.69 Å². The van der Waals surface area contributed by atoms with Crippen molar-refractivity contribution in [3.63, 3.8) is 0 Å². The molecule has 2 heterocycles. The number of aliphatic hydroxyl groups excluding tert-OH is 1. The van der Waals surface area contributed by atoms with Crippen molar-refractivity contribution < 1.29 is 9.90 Å². The molecule has 0 atom stereocenters. The lowest BCUT2D eigenvalue weighted by atomic mass is 9.90. The summed E-state index contributed by atoms with van der Waals surface area (Å²) in [4.78, 5) is 16.7. The highest BCUT2D eigenvalue weighted by Crippen LogP contribution is 2.22. The smallest absolute Gasteiger partial charge is 0.236 e. The van der Waals surface area contributed by atoms with Crippen molar-refractivity contribution in [2.75, 3.05) is 32.7 Å². The van der Waals surface area contributed by atoms with Crippen molar-refractivity contribution in [1.82, 2.24) is 9.80 Å². The van der Waals surface area contributed by atoms with E-state index in [4.69, 9.17) is 0 Å². The summed E-state index contributed by atoms with van der Waals surface area (Å²) >= 11 is 0. The third-order valence-corrected chi connectivity index (χ3v) is 5.25. The van der Waals surface area contributed by atoms with Crippen molar-refractivity contribution in [1.29, 1.82) is 0 Å². The van der Waals surface area contributed by atoms with Crippen molar-refractivity contribution >= 4 is 5.91 Å². The number of amides is 1. The first-order valence-electron chi connectivity index (χ1n) is 8.93. The molecule has 1 aromatic carbocycles. The Morgan fingerprint density at radius 3 is 2.30 bits per heavy atom. The number of hydrogen-bond donors (Lipinski definition) is 1. The standard InChI is InChI=1S/C19H28N2O2/c22-18-8-10-20(11-9-18)15-19(23)21-12-6-17(7-13-21)14-16-4-2-1-3-5-16/h1-5,17-18,22H,6-15H2. The Kier molecular flexibility index (Phi) is 5.68. The molecule has 2 aliphatic rings. The first kappa shape index (κ1) is 16.5. The molecule has 0 unspecified atom stereocenters. The number of carbonyl (C=O) groups excluding carboxylic acids is 1. The molecular weight excluding hydrogens is 288 g/mol. The zero-order chi connectivity index (χ0) is 16.1. The summed E-state index contributed by atoms with van der Waals surface area (Å²) in [6.07, 6.45) is 4.78. The van der Waals surface area contributed by atoms with Crippen molar-refractivity contribution in [3.8, 4) is 0 Å². The molecular formula is C19H28N2O2. The molecule has 4 heteroatoms. The lowest BCUT2D eigenvalue weighted by Crippen LogP contribution is -2.46. The first-order chi connectivity index (χ1) is 11.2. The number of nitrogens with zero attached hydrogens (tertiary/aromatic N) is 2. The van der Waals surface area contributed by atoms with E-state index in [1.807, 2.05) is 4.90 Å². The number of hydrogen-bond acceptors (Lipinski definition) is 3. The van der Waals surface area contributed by atoms with E-state index in [2.05, 4.69) is 35.2 Å². The minimum absolute atomic E-state index is 0.171. The van der Waals surface area contributed by atoms with Crippen molar-refractivity contribution in [3.05, 3.63) is 35.9 Å². The van der Waals surface area contributed by atoms with Gasteiger partial charge in [0.05, 0.1) is 12.6 Å². The molecule has 4 nitrogen and oxygen atoms in total. The van der Waals surface area contributed by atoms with Crippen LogP contribution in [-0.2, 0) is 11.2 Å². The predicted octanol–water partition coefficient (Wildman–Crippen LogP) is 1.92. The number of carbonyl (C=O) groups is 1. The van der Waals surface area contributed by atoms with Gasteiger partial charge in [-0.1, -0.05) is 30.3 Å². The van der Waals surface area contributed by atoms with Gasteiger partial charge in [-0.15, -0.1) is 0 Å². The Balaban J connectivity index is 1.40. The summed E-state index contributed by atoms with van der Waals surface area (Å²) in [5.74, 6) is 0.964. The van der Waals surface area contributed by atoms with Crippen LogP contribution in [0.1, 0.15) is 31.2 Å². The second-order valence-corrected chi connectivity index (χ2v) is 7.02. The van der Waals surface area contributed by atoms with Gasteiger partial charge in [0, 0.05) is 26.2 Å². The second-order valence-electron chi connectivity index (χ2n) is 7.02. The van der Waals surface area contributed by atoms with Crippen molar-refractivity contribution in [2.24, 2.45) is 5.92 Å². The van der Waals surface area contributed by atoms with E-state index >= 15 is 0 Å². The predicted molar refractivity (Wildman–Crippen MR) is 91.1 cm³/mol. The molecule has 0 spiro atoms. The van der Waals surface area contributed by atoms with Gasteiger partial charge in [-0.2, -0.15) is 0 Å². The molecule has 1 aromatic rings. The lowest BCUT2D eigenvalue weighted by molar-refractivity contribution is -0.134. The highest BCUT2D eigenvalue weighted by molar-refractivity contribution is 5.78. The molecule has 0 saturated carbocycles. The topological polar surface area (TPSA) is 43.8 Å². The molecule has 1 N–H and O–H groups in total. The summed E-state index contributed by atoms with van der Waals surface area (Å²) < 4.78 is 0. The summed E-state index contributed by atoms with van der Waals surface area (Å²) in [5, 5.41) is 9.54. The largest absolute Gasteiger partial charge is 0.393 e. The van der Waals surface area contributed by atoms with E-state index in [-0.39, 0.29) is 12.0 Å². The third kappa shape index (κ3) is 4.79. The normalized spacial score (nSPS) is 21.5. The Labute approximate surface area is 139 Å². The van der Waals surface area contributed by atoms with Crippen molar-refractivity contribution in [2.45, 2.75) is 38.2 Å². The number of aliphatic hydroxyl groups is 1. The van der Waals surface area contributed by atoms with Gasteiger partial charge >= 0.3 is 0 Å². The van der Waals surface area contributed by atoms with E-state index < -0.39 is 0 Å².